The van der Waals surface area contributed by atoms with Gasteiger partial charge in [0.2, 0.25) is 0 Å². The molecule has 0 aliphatic carbocycles. The zero-order valence-corrected chi connectivity index (χ0v) is 10.9. The van der Waals surface area contributed by atoms with Crippen molar-refractivity contribution in [2.24, 2.45) is 0 Å². The number of imidazole rings is 1. The first-order chi connectivity index (χ1) is 9.93. The number of nitrogens with zero attached hydrogens (tertiary/aromatic N) is 4. The highest BCUT2D eigenvalue weighted by Gasteiger charge is 2.24. The van der Waals surface area contributed by atoms with Crippen LogP contribution in [0, 0.1) is 0 Å². The summed E-state index contributed by atoms with van der Waals surface area (Å²) in [5.74, 6) is 0.870. The molecule has 20 heavy (non-hydrogen) atoms. The fourth-order valence-corrected chi connectivity index (χ4v) is 2.68. The lowest BCUT2D eigenvalue weighted by Gasteiger charge is -2.13. The van der Waals surface area contributed by atoms with Gasteiger partial charge in [0.15, 0.2) is 11.5 Å². The maximum absolute atomic E-state index is 5.52. The average molecular weight is 266 g/mol. The summed E-state index contributed by atoms with van der Waals surface area (Å²) >= 11 is 0. The SMILES string of the molecule is c1ccc(-c2nc3cccnc3n2C2CCOC2)nc1. The van der Waals surface area contributed by atoms with Gasteiger partial charge in [0.25, 0.3) is 0 Å². The lowest BCUT2D eigenvalue weighted by Crippen LogP contribution is -2.11. The van der Waals surface area contributed by atoms with Gasteiger partial charge < -0.3 is 9.30 Å². The monoisotopic (exact) mass is 266 g/mol. The largest absolute Gasteiger partial charge is 0.379 e. The molecule has 1 aliphatic rings. The molecule has 1 unspecified atom stereocenters. The Kier molecular flexibility index (Phi) is 2.70. The van der Waals surface area contributed by atoms with E-state index < -0.39 is 0 Å². The average Bonchev–Trinajstić information content (AvgIpc) is 3.14. The molecule has 0 saturated carbocycles. The molecule has 1 atom stereocenters. The first-order valence-corrected chi connectivity index (χ1v) is 6.75. The predicted octanol–water partition coefficient (Wildman–Crippen LogP) is 2.45. The van der Waals surface area contributed by atoms with Crippen LogP contribution in [0.4, 0.5) is 0 Å². The highest BCUT2D eigenvalue weighted by molar-refractivity contribution is 5.76. The van der Waals surface area contributed by atoms with E-state index in [9.17, 15) is 0 Å². The number of pyridine rings is 2. The van der Waals surface area contributed by atoms with Crippen LogP contribution in [0.25, 0.3) is 22.7 Å². The highest BCUT2D eigenvalue weighted by atomic mass is 16.5. The molecule has 0 amide bonds. The predicted molar refractivity (Wildman–Crippen MR) is 75.2 cm³/mol. The van der Waals surface area contributed by atoms with Crippen LogP contribution in [0.1, 0.15) is 12.5 Å². The zero-order valence-electron chi connectivity index (χ0n) is 10.9. The Morgan fingerprint density at radius 2 is 2.05 bits per heavy atom. The lowest BCUT2D eigenvalue weighted by molar-refractivity contribution is 0.187. The smallest absolute Gasteiger partial charge is 0.161 e. The van der Waals surface area contributed by atoms with E-state index >= 15 is 0 Å². The van der Waals surface area contributed by atoms with Crippen LogP contribution in [0.3, 0.4) is 0 Å². The Bertz CT molecular complexity index is 732. The molecule has 0 N–H and O–H groups in total. The number of aromatic nitrogens is 4. The van der Waals surface area contributed by atoms with Crippen molar-refractivity contribution in [2.45, 2.75) is 12.5 Å². The van der Waals surface area contributed by atoms with Crippen LogP contribution in [-0.4, -0.2) is 32.7 Å². The molecule has 4 rings (SSSR count). The molecule has 0 bridgehead atoms. The molecule has 1 aliphatic heterocycles. The Balaban J connectivity index is 1.97. The number of fused-ring (bicyclic) bond motifs is 1. The summed E-state index contributed by atoms with van der Waals surface area (Å²) in [6.45, 7) is 1.50. The molecule has 0 radical (unpaired) electrons. The highest BCUT2D eigenvalue weighted by Crippen LogP contribution is 2.29. The third kappa shape index (κ3) is 1.78. The van der Waals surface area contributed by atoms with Gasteiger partial charge in [0, 0.05) is 19.0 Å². The van der Waals surface area contributed by atoms with E-state index in [0.717, 1.165) is 35.7 Å². The van der Waals surface area contributed by atoms with Gasteiger partial charge in [-0.3, -0.25) is 4.98 Å². The van der Waals surface area contributed by atoms with Crippen molar-refractivity contribution in [3.05, 3.63) is 42.7 Å². The van der Waals surface area contributed by atoms with Gasteiger partial charge in [-0.2, -0.15) is 0 Å². The van der Waals surface area contributed by atoms with E-state index in [2.05, 4.69) is 14.5 Å². The fourth-order valence-electron chi connectivity index (χ4n) is 2.68. The van der Waals surface area contributed by atoms with Crippen molar-refractivity contribution in [3.8, 4) is 11.5 Å². The van der Waals surface area contributed by atoms with Gasteiger partial charge >= 0.3 is 0 Å². The van der Waals surface area contributed by atoms with Crippen LogP contribution in [-0.2, 0) is 4.74 Å². The minimum Gasteiger partial charge on any atom is -0.379 e. The van der Waals surface area contributed by atoms with Gasteiger partial charge in [-0.25, -0.2) is 9.97 Å². The fraction of sp³-hybridized carbons (Fsp3) is 0.267. The van der Waals surface area contributed by atoms with E-state index in [1.54, 1.807) is 12.4 Å². The molecular formula is C15H14N4O. The topological polar surface area (TPSA) is 52.8 Å². The Labute approximate surface area is 116 Å². The first-order valence-electron chi connectivity index (χ1n) is 6.75. The molecule has 4 heterocycles. The Morgan fingerprint density at radius 3 is 2.85 bits per heavy atom. The maximum Gasteiger partial charge on any atom is 0.161 e. The quantitative estimate of drug-likeness (QED) is 0.715. The van der Waals surface area contributed by atoms with Crippen molar-refractivity contribution in [3.63, 3.8) is 0 Å². The van der Waals surface area contributed by atoms with E-state index in [1.807, 2.05) is 30.3 Å². The summed E-state index contributed by atoms with van der Waals surface area (Å²) in [4.78, 5) is 13.6. The molecule has 5 nitrogen and oxygen atoms in total. The van der Waals surface area contributed by atoms with Crippen LogP contribution < -0.4 is 0 Å². The minimum absolute atomic E-state index is 0.284. The molecule has 3 aromatic rings. The summed E-state index contributed by atoms with van der Waals surface area (Å²) < 4.78 is 7.70. The van der Waals surface area contributed by atoms with Gasteiger partial charge in [0.05, 0.1) is 12.6 Å². The van der Waals surface area contributed by atoms with Crippen molar-refractivity contribution >= 4 is 11.2 Å². The van der Waals surface area contributed by atoms with Crippen LogP contribution in [0.2, 0.25) is 0 Å². The number of hydrogen-bond acceptors (Lipinski definition) is 4. The molecule has 5 heteroatoms. The van der Waals surface area contributed by atoms with Crippen molar-refractivity contribution in [2.75, 3.05) is 13.2 Å². The molecule has 0 spiro atoms. The summed E-state index contributed by atoms with van der Waals surface area (Å²) in [5, 5.41) is 0. The van der Waals surface area contributed by atoms with E-state index in [1.165, 1.54) is 0 Å². The van der Waals surface area contributed by atoms with Crippen LogP contribution >= 0.6 is 0 Å². The van der Waals surface area contributed by atoms with Crippen molar-refractivity contribution < 1.29 is 4.74 Å². The van der Waals surface area contributed by atoms with Gasteiger partial charge in [-0.1, -0.05) is 6.07 Å². The van der Waals surface area contributed by atoms with E-state index in [0.29, 0.717) is 6.61 Å². The lowest BCUT2D eigenvalue weighted by atomic mass is 10.2. The first kappa shape index (κ1) is 11.5. The molecule has 1 fully saturated rings. The third-order valence-corrected chi connectivity index (χ3v) is 3.61. The number of hydrogen-bond donors (Lipinski definition) is 0. The van der Waals surface area contributed by atoms with Gasteiger partial charge in [0.1, 0.15) is 11.2 Å². The molecule has 3 aromatic heterocycles. The second kappa shape index (κ2) is 4.68. The van der Waals surface area contributed by atoms with Crippen molar-refractivity contribution in [1.29, 1.82) is 0 Å². The summed E-state index contributed by atoms with van der Waals surface area (Å²) in [5.41, 5.74) is 2.68. The summed E-state index contributed by atoms with van der Waals surface area (Å²) in [7, 11) is 0. The van der Waals surface area contributed by atoms with Crippen molar-refractivity contribution in [1.82, 2.24) is 19.5 Å². The Morgan fingerprint density at radius 1 is 1.10 bits per heavy atom. The van der Waals surface area contributed by atoms with Crippen LogP contribution in [0.5, 0.6) is 0 Å². The second-order valence-corrected chi connectivity index (χ2v) is 4.88. The molecular weight excluding hydrogens is 252 g/mol. The van der Waals surface area contributed by atoms with E-state index in [4.69, 9.17) is 9.72 Å². The minimum atomic E-state index is 0.284. The van der Waals surface area contributed by atoms with E-state index in [-0.39, 0.29) is 6.04 Å². The normalized spacial score (nSPS) is 18.7. The standard InChI is InChI=1S/C15H14N4O/c1-2-7-16-12(4-1)15-18-13-5-3-8-17-14(13)19(15)11-6-9-20-10-11/h1-5,7-8,11H,6,9-10H2. The number of ether oxygens (including phenoxy) is 1. The van der Waals surface area contributed by atoms with Crippen LogP contribution in [0.15, 0.2) is 42.7 Å². The Hall–Kier alpha value is -2.27. The maximum atomic E-state index is 5.52. The zero-order chi connectivity index (χ0) is 13.4. The van der Waals surface area contributed by atoms with Gasteiger partial charge in [-0.15, -0.1) is 0 Å². The summed E-state index contributed by atoms with van der Waals surface area (Å²) in [6, 6.07) is 10.0. The summed E-state index contributed by atoms with van der Waals surface area (Å²) in [6.07, 6.45) is 4.58. The third-order valence-electron chi connectivity index (χ3n) is 3.61. The number of rotatable bonds is 2. The van der Waals surface area contributed by atoms with Gasteiger partial charge in [-0.05, 0) is 30.7 Å². The molecule has 0 aromatic carbocycles. The molecule has 1 saturated heterocycles. The second-order valence-electron chi connectivity index (χ2n) is 4.88. The molecule has 100 valence electrons.